The Morgan fingerprint density at radius 2 is 1.88 bits per heavy atom. The molecule has 0 amide bonds. The van der Waals surface area contributed by atoms with E-state index in [4.69, 9.17) is 0 Å². The van der Waals surface area contributed by atoms with Crippen molar-refractivity contribution in [3.63, 3.8) is 0 Å². The summed E-state index contributed by atoms with van der Waals surface area (Å²) in [4.78, 5) is 12.0. The third-order valence-electron chi connectivity index (χ3n) is 2.86. The van der Waals surface area contributed by atoms with Gasteiger partial charge in [0.1, 0.15) is 0 Å². The molecular formula is C14H15NO2. The normalized spacial score (nSPS) is 12.4. The minimum atomic E-state index is -0.316. The van der Waals surface area contributed by atoms with Crippen molar-refractivity contribution >= 4 is 0 Å². The molecule has 0 aliphatic rings. The predicted octanol–water partition coefficient (Wildman–Crippen LogP) is 1.74. The van der Waals surface area contributed by atoms with Gasteiger partial charge in [-0.3, -0.25) is 4.79 Å². The van der Waals surface area contributed by atoms with E-state index in [0.29, 0.717) is 5.56 Å². The lowest BCUT2D eigenvalue weighted by molar-refractivity contribution is 0.247. The van der Waals surface area contributed by atoms with Gasteiger partial charge in [0.25, 0.3) is 5.56 Å². The van der Waals surface area contributed by atoms with Crippen LogP contribution in [0.4, 0.5) is 0 Å². The number of aromatic nitrogens is 1. The van der Waals surface area contributed by atoms with E-state index in [2.05, 4.69) is 0 Å². The van der Waals surface area contributed by atoms with Crippen LogP contribution in [0.5, 0.6) is 0 Å². The number of benzene rings is 1. The van der Waals surface area contributed by atoms with E-state index in [0.717, 1.165) is 5.56 Å². The minimum Gasteiger partial charge on any atom is -0.394 e. The van der Waals surface area contributed by atoms with E-state index >= 15 is 0 Å². The van der Waals surface area contributed by atoms with Crippen LogP contribution >= 0.6 is 0 Å². The average molecular weight is 229 g/mol. The van der Waals surface area contributed by atoms with E-state index in [1.807, 2.05) is 36.4 Å². The van der Waals surface area contributed by atoms with Crippen LogP contribution in [-0.2, 0) is 0 Å². The van der Waals surface area contributed by atoms with Crippen LogP contribution in [0.2, 0.25) is 0 Å². The molecule has 0 spiro atoms. The third kappa shape index (κ3) is 2.29. The van der Waals surface area contributed by atoms with Crippen LogP contribution in [0.15, 0.2) is 53.5 Å². The van der Waals surface area contributed by atoms with Crippen LogP contribution in [0.25, 0.3) is 0 Å². The van der Waals surface area contributed by atoms with Crippen LogP contribution < -0.4 is 5.56 Å². The van der Waals surface area contributed by atoms with Crippen molar-refractivity contribution in [3.05, 3.63) is 70.1 Å². The van der Waals surface area contributed by atoms with Gasteiger partial charge in [0, 0.05) is 11.8 Å². The Bertz CT molecular complexity index is 546. The first kappa shape index (κ1) is 11.6. The first-order valence-corrected chi connectivity index (χ1v) is 5.57. The number of aliphatic hydroxyl groups excluding tert-OH is 1. The second kappa shape index (κ2) is 4.97. The molecule has 0 unspecified atom stereocenters. The maximum atomic E-state index is 12.0. The highest BCUT2D eigenvalue weighted by Gasteiger charge is 2.13. The average Bonchev–Trinajstić information content (AvgIpc) is 2.37. The van der Waals surface area contributed by atoms with Crippen LogP contribution in [0.3, 0.4) is 0 Å². The van der Waals surface area contributed by atoms with Gasteiger partial charge in [-0.15, -0.1) is 0 Å². The van der Waals surface area contributed by atoms with Gasteiger partial charge in [-0.25, -0.2) is 0 Å². The second-order valence-corrected chi connectivity index (χ2v) is 4.01. The lowest BCUT2D eigenvalue weighted by atomic mass is 10.1. The third-order valence-corrected chi connectivity index (χ3v) is 2.86. The van der Waals surface area contributed by atoms with Gasteiger partial charge in [0.05, 0.1) is 12.6 Å². The number of nitrogens with zero attached hydrogens (tertiary/aromatic N) is 1. The molecule has 1 aromatic heterocycles. The summed E-state index contributed by atoms with van der Waals surface area (Å²) in [6, 6.07) is 12.8. The van der Waals surface area contributed by atoms with Crippen molar-refractivity contribution in [1.82, 2.24) is 4.57 Å². The molecule has 2 rings (SSSR count). The predicted molar refractivity (Wildman–Crippen MR) is 67.1 cm³/mol. The van der Waals surface area contributed by atoms with E-state index in [1.54, 1.807) is 23.8 Å². The van der Waals surface area contributed by atoms with Gasteiger partial charge < -0.3 is 9.67 Å². The molecule has 0 aliphatic heterocycles. The Balaban J connectivity index is 2.50. The highest BCUT2D eigenvalue weighted by molar-refractivity contribution is 5.21. The van der Waals surface area contributed by atoms with Gasteiger partial charge in [-0.1, -0.05) is 36.4 Å². The fraction of sp³-hybridized carbons (Fsp3) is 0.214. The number of hydrogen-bond donors (Lipinski definition) is 1. The fourth-order valence-corrected chi connectivity index (χ4v) is 1.90. The van der Waals surface area contributed by atoms with Crippen molar-refractivity contribution in [1.29, 1.82) is 0 Å². The zero-order valence-corrected chi connectivity index (χ0v) is 9.71. The zero-order chi connectivity index (χ0) is 12.3. The lowest BCUT2D eigenvalue weighted by Crippen LogP contribution is -2.28. The van der Waals surface area contributed by atoms with Gasteiger partial charge >= 0.3 is 0 Å². The van der Waals surface area contributed by atoms with Gasteiger partial charge in [-0.2, -0.15) is 0 Å². The molecule has 88 valence electrons. The summed E-state index contributed by atoms with van der Waals surface area (Å²) in [7, 11) is 0. The summed E-state index contributed by atoms with van der Waals surface area (Å²) in [5, 5.41) is 9.49. The summed E-state index contributed by atoms with van der Waals surface area (Å²) in [5.74, 6) is 0. The Labute approximate surface area is 100.0 Å². The minimum absolute atomic E-state index is 0.0598. The number of aryl methyl sites for hydroxylation is 1. The zero-order valence-electron chi connectivity index (χ0n) is 9.71. The number of pyridine rings is 1. The van der Waals surface area contributed by atoms with E-state index in [1.165, 1.54) is 0 Å². The lowest BCUT2D eigenvalue weighted by Gasteiger charge is -2.18. The van der Waals surface area contributed by atoms with Crippen molar-refractivity contribution in [2.75, 3.05) is 6.61 Å². The summed E-state index contributed by atoms with van der Waals surface area (Å²) < 4.78 is 1.57. The summed E-state index contributed by atoms with van der Waals surface area (Å²) in [6.07, 6.45) is 1.71. The molecule has 1 heterocycles. The number of aliphatic hydroxyl groups is 1. The standard InChI is InChI=1S/C14H15NO2/c1-11-6-5-9-15(14(11)17)13(10-16)12-7-3-2-4-8-12/h2-9,13,16H,10H2,1H3/t13-/m0/s1. The van der Waals surface area contributed by atoms with E-state index in [-0.39, 0.29) is 18.2 Å². The Morgan fingerprint density at radius 3 is 2.53 bits per heavy atom. The van der Waals surface area contributed by atoms with E-state index < -0.39 is 0 Å². The monoisotopic (exact) mass is 229 g/mol. The summed E-state index contributed by atoms with van der Waals surface area (Å²) in [5.41, 5.74) is 1.56. The molecule has 3 nitrogen and oxygen atoms in total. The number of rotatable bonds is 3. The molecule has 0 radical (unpaired) electrons. The Hall–Kier alpha value is -1.87. The molecular weight excluding hydrogens is 214 g/mol. The van der Waals surface area contributed by atoms with Crippen molar-refractivity contribution in [2.45, 2.75) is 13.0 Å². The smallest absolute Gasteiger partial charge is 0.254 e. The molecule has 1 atom stereocenters. The molecule has 1 N–H and O–H groups in total. The number of hydrogen-bond acceptors (Lipinski definition) is 2. The molecule has 0 bridgehead atoms. The van der Waals surface area contributed by atoms with Crippen LogP contribution in [0, 0.1) is 6.92 Å². The van der Waals surface area contributed by atoms with Crippen LogP contribution in [-0.4, -0.2) is 16.3 Å². The summed E-state index contributed by atoms with van der Waals surface area (Å²) >= 11 is 0. The summed E-state index contributed by atoms with van der Waals surface area (Å²) in [6.45, 7) is 1.69. The van der Waals surface area contributed by atoms with Crippen molar-refractivity contribution < 1.29 is 5.11 Å². The molecule has 17 heavy (non-hydrogen) atoms. The molecule has 1 aromatic carbocycles. The van der Waals surface area contributed by atoms with E-state index in [9.17, 15) is 9.90 Å². The van der Waals surface area contributed by atoms with Crippen molar-refractivity contribution in [2.24, 2.45) is 0 Å². The highest BCUT2D eigenvalue weighted by atomic mass is 16.3. The van der Waals surface area contributed by atoms with Gasteiger partial charge in [0.2, 0.25) is 0 Å². The molecule has 0 fully saturated rings. The van der Waals surface area contributed by atoms with Gasteiger partial charge in [0.15, 0.2) is 0 Å². The van der Waals surface area contributed by atoms with Crippen molar-refractivity contribution in [3.8, 4) is 0 Å². The first-order chi connectivity index (χ1) is 8.24. The molecule has 0 aliphatic carbocycles. The molecule has 0 saturated carbocycles. The first-order valence-electron chi connectivity index (χ1n) is 5.57. The SMILES string of the molecule is Cc1cccn([C@@H](CO)c2ccccc2)c1=O. The maximum Gasteiger partial charge on any atom is 0.254 e. The molecule has 3 heteroatoms. The molecule has 0 saturated heterocycles. The Morgan fingerprint density at radius 1 is 1.18 bits per heavy atom. The van der Waals surface area contributed by atoms with Crippen LogP contribution in [0.1, 0.15) is 17.2 Å². The topological polar surface area (TPSA) is 42.2 Å². The molecule has 2 aromatic rings. The second-order valence-electron chi connectivity index (χ2n) is 4.01. The fourth-order valence-electron chi connectivity index (χ4n) is 1.90. The Kier molecular flexibility index (Phi) is 3.40. The highest BCUT2D eigenvalue weighted by Crippen LogP contribution is 2.15. The largest absolute Gasteiger partial charge is 0.394 e. The van der Waals surface area contributed by atoms with Gasteiger partial charge in [-0.05, 0) is 18.6 Å². The maximum absolute atomic E-state index is 12.0. The quantitative estimate of drug-likeness (QED) is 0.871.